The topological polar surface area (TPSA) is 98.3 Å². The van der Waals surface area contributed by atoms with E-state index in [1.807, 2.05) is 31.2 Å². The summed E-state index contributed by atoms with van der Waals surface area (Å²) in [4.78, 5) is 27.3. The monoisotopic (exact) mass is 407 g/mol. The number of rotatable bonds is 4. The van der Waals surface area contributed by atoms with Crippen LogP contribution in [0.2, 0.25) is 0 Å². The fourth-order valence-corrected chi connectivity index (χ4v) is 3.13. The Kier molecular flexibility index (Phi) is 4.45. The number of carbonyl (C=O) groups is 1. The number of carbonyl (C=O) groups excluding carboxylic acids is 1. The predicted octanol–water partition coefficient (Wildman–Crippen LogP) is 4.63. The molecule has 0 spiro atoms. The fourth-order valence-electron chi connectivity index (χ4n) is 2.03. The maximum Gasteiger partial charge on any atom is 0.433 e. The number of halogens is 1. The average Bonchev–Trinajstić information content (AvgIpc) is 3.15. The SMILES string of the molecule is Cc1sc(NC(=O)c2ccc([N+](=O)[O-])o2)nc1-c1ccc(Br)cc1. The lowest BCUT2D eigenvalue weighted by Crippen LogP contribution is -2.10. The highest BCUT2D eigenvalue weighted by atomic mass is 79.9. The van der Waals surface area contributed by atoms with Gasteiger partial charge in [0.05, 0.1) is 11.8 Å². The van der Waals surface area contributed by atoms with Crippen molar-refractivity contribution in [2.75, 3.05) is 5.32 Å². The molecule has 0 saturated carbocycles. The van der Waals surface area contributed by atoms with Crippen LogP contribution in [0.4, 0.5) is 11.0 Å². The first kappa shape index (κ1) is 16.3. The number of anilines is 1. The van der Waals surface area contributed by atoms with E-state index in [2.05, 4.69) is 26.2 Å². The van der Waals surface area contributed by atoms with E-state index in [1.165, 1.54) is 17.4 Å². The van der Waals surface area contributed by atoms with Crippen LogP contribution in [0.25, 0.3) is 11.3 Å². The summed E-state index contributed by atoms with van der Waals surface area (Å²) in [6.45, 7) is 1.91. The first-order valence-corrected chi connectivity index (χ1v) is 8.34. The third-order valence-corrected chi connectivity index (χ3v) is 4.55. The Labute approximate surface area is 148 Å². The van der Waals surface area contributed by atoms with Gasteiger partial charge in [0.1, 0.15) is 4.92 Å². The van der Waals surface area contributed by atoms with Crippen LogP contribution < -0.4 is 5.32 Å². The van der Waals surface area contributed by atoms with Crippen LogP contribution in [0.3, 0.4) is 0 Å². The minimum Gasteiger partial charge on any atom is -0.395 e. The Bertz CT molecular complexity index is 917. The van der Waals surface area contributed by atoms with Crippen molar-refractivity contribution in [2.45, 2.75) is 6.92 Å². The van der Waals surface area contributed by atoms with Crippen LogP contribution in [0, 0.1) is 17.0 Å². The van der Waals surface area contributed by atoms with Crippen molar-refractivity contribution in [3.05, 3.63) is 61.6 Å². The summed E-state index contributed by atoms with van der Waals surface area (Å²) in [6, 6.07) is 10.1. The summed E-state index contributed by atoms with van der Waals surface area (Å²) in [5.74, 6) is -1.20. The normalized spacial score (nSPS) is 10.6. The van der Waals surface area contributed by atoms with Crippen LogP contribution >= 0.6 is 27.3 Å². The Hall–Kier alpha value is -2.52. The molecule has 3 rings (SSSR count). The smallest absolute Gasteiger partial charge is 0.395 e. The summed E-state index contributed by atoms with van der Waals surface area (Å²) < 4.78 is 5.84. The van der Waals surface area contributed by atoms with Gasteiger partial charge in [-0.3, -0.25) is 20.2 Å². The van der Waals surface area contributed by atoms with Crippen molar-refractivity contribution in [3.63, 3.8) is 0 Å². The van der Waals surface area contributed by atoms with Crippen LogP contribution in [-0.2, 0) is 0 Å². The second kappa shape index (κ2) is 6.54. The van der Waals surface area contributed by atoms with Crippen molar-refractivity contribution in [3.8, 4) is 11.3 Å². The molecule has 0 aliphatic rings. The van der Waals surface area contributed by atoms with Crippen molar-refractivity contribution >= 4 is 44.2 Å². The van der Waals surface area contributed by atoms with E-state index in [1.54, 1.807) is 0 Å². The number of benzene rings is 1. The molecule has 0 atom stereocenters. The van der Waals surface area contributed by atoms with Gasteiger partial charge in [-0.2, -0.15) is 0 Å². The van der Waals surface area contributed by atoms with Crippen molar-refractivity contribution < 1.29 is 14.1 Å². The lowest BCUT2D eigenvalue weighted by molar-refractivity contribution is -0.402. The van der Waals surface area contributed by atoms with E-state index in [0.717, 1.165) is 26.7 Å². The number of aromatic nitrogens is 1. The minimum absolute atomic E-state index is 0.139. The number of nitro groups is 1. The zero-order valence-corrected chi connectivity index (χ0v) is 14.7. The molecular formula is C15H10BrN3O4S. The molecule has 0 radical (unpaired) electrons. The number of hydrogen-bond acceptors (Lipinski definition) is 6. The molecule has 2 aromatic heterocycles. The number of thiazole rings is 1. The van der Waals surface area contributed by atoms with E-state index in [4.69, 9.17) is 4.42 Å². The molecule has 0 aliphatic carbocycles. The summed E-state index contributed by atoms with van der Waals surface area (Å²) in [7, 11) is 0. The first-order chi connectivity index (χ1) is 11.4. The Balaban J connectivity index is 1.80. The largest absolute Gasteiger partial charge is 0.433 e. The van der Waals surface area contributed by atoms with Gasteiger partial charge in [-0.05, 0) is 25.1 Å². The highest BCUT2D eigenvalue weighted by Crippen LogP contribution is 2.31. The van der Waals surface area contributed by atoms with Crippen LogP contribution in [-0.4, -0.2) is 15.8 Å². The number of amides is 1. The molecule has 0 saturated heterocycles. The Morgan fingerprint density at radius 3 is 2.62 bits per heavy atom. The summed E-state index contributed by atoms with van der Waals surface area (Å²) in [5, 5.41) is 13.6. The van der Waals surface area contributed by atoms with Crippen molar-refractivity contribution in [2.24, 2.45) is 0 Å². The second-order valence-corrected chi connectivity index (χ2v) is 6.90. The van der Waals surface area contributed by atoms with E-state index in [0.29, 0.717) is 5.13 Å². The van der Waals surface area contributed by atoms with Crippen LogP contribution in [0.15, 0.2) is 45.3 Å². The maximum atomic E-state index is 12.1. The summed E-state index contributed by atoms with van der Waals surface area (Å²) in [6.07, 6.45) is 0. The number of hydrogen-bond donors (Lipinski definition) is 1. The van der Waals surface area contributed by atoms with Crippen LogP contribution in [0.5, 0.6) is 0 Å². The van der Waals surface area contributed by atoms with Gasteiger partial charge in [0.15, 0.2) is 10.9 Å². The predicted molar refractivity (Wildman–Crippen MR) is 93.3 cm³/mol. The van der Waals surface area contributed by atoms with Gasteiger partial charge in [0, 0.05) is 14.9 Å². The van der Waals surface area contributed by atoms with E-state index in [-0.39, 0.29) is 5.76 Å². The molecule has 1 aromatic carbocycles. The molecule has 0 fully saturated rings. The first-order valence-electron chi connectivity index (χ1n) is 6.73. The maximum absolute atomic E-state index is 12.1. The van der Waals surface area contributed by atoms with E-state index >= 15 is 0 Å². The van der Waals surface area contributed by atoms with Gasteiger partial charge < -0.3 is 4.42 Å². The van der Waals surface area contributed by atoms with Gasteiger partial charge in [0.25, 0.3) is 5.91 Å². The number of aryl methyl sites for hydroxylation is 1. The molecule has 2 heterocycles. The van der Waals surface area contributed by atoms with Crippen LogP contribution in [0.1, 0.15) is 15.4 Å². The third kappa shape index (κ3) is 3.36. The van der Waals surface area contributed by atoms with Gasteiger partial charge in [-0.1, -0.05) is 28.1 Å². The molecule has 122 valence electrons. The van der Waals surface area contributed by atoms with E-state index in [9.17, 15) is 14.9 Å². The summed E-state index contributed by atoms with van der Waals surface area (Å²) in [5.41, 5.74) is 1.70. The lowest BCUT2D eigenvalue weighted by atomic mass is 10.1. The van der Waals surface area contributed by atoms with Gasteiger partial charge in [-0.25, -0.2) is 4.98 Å². The molecule has 9 heteroatoms. The molecule has 0 aliphatic heterocycles. The Morgan fingerprint density at radius 2 is 2.00 bits per heavy atom. The Morgan fingerprint density at radius 1 is 1.29 bits per heavy atom. The van der Waals surface area contributed by atoms with Gasteiger partial charge >= 0.3 is 5.88 Å². The third-order valence-electron chi connectivity index (χ3n) is 3.13. The fraction of sp³-hybridized carbons (Fsp3) is 0.0667. The number of nitrogens with one attached hydrogen (secondary N) is 1. The zero-order valence-electron chi connectivity index (χ0n) is 12.3. The molecule has 3 aromatic rings. The van der Waals surface area contributed by atoms with Crippen molar-refractivity contribution in [1.29, 1.82) is 0 Å². The van der Waals surface area contributed by atoms with E-state index < -0.39 is 16.7 Å². The highest BCUT2D eigenvalue weighted by Gasteiger charge is 2.19. The minimum atomic E-state index is -0.698. The van der Waals surface area contributed by atoms with Gasteiger partial charge in [-0.15, -0.1) is 11.3 Å². The zero-order chi connectivity index (χ0) is 17.3. The molecule has 7 nitrogen and oxygen atoms in total. The molecule has 0 unspecified atom stereocenters. The number of nitrogens with zero attached hydrogens (tertiary/aromatic N) is 2. The molecule has 0 bridgehead atoms. The second-order valence-electron chi connectivity index (χ2n) is 4.78. The molecule has 1 N–H and O–H groups in total. The summed E-state index contributed by atoms with van der Waals surface area (Å²) >= 11 is 4.70. The number of furan rings is 1. The van der Waals surface area contributed by atoms with Gasteiger partial charge in [0.2, 0.25) is 0 Å². The average molecular weight is 408 g/mol. The standard InChI is InChI=1S/C15H10BrN3O4S/c1-8-13(9-2-4-10(16)5-3-9)17-15(24-8)18-14(20)11-6-7-12(23-11)19(21)22/h2-7H,1H3,(H,17,18,20). The molecule has 1 amide bonds. The molecular weight excluding hydrogens is 398 g/mol. The quantitative estimate of drug-likeness (QED) is 0.501. The molecule has 24 heavy (non-hydrogen) atoms. The highest BCUT2D eigenvalue weighted by molar-refractivity contribution is 9.10. The lowest BCUT2D eigenvalue weighted by Gasteiger charge is -1.99. The van der Waals surface area contributed by atoms with Crippen molar-refractivity contribution in [1.82, 2.24) is 4.98 Å².